The Morgan fingerprint density at radius 2 is 1.94 bits per heavy atom. The molecule has 1 aromatic rings. The lowest BCUT2D eigenvalue weighted by Crippen LogP contribution is -2.30. The number of hydrogen-bond donors (Lipinski definition) is 1. The molecule has 1 N–H and O–H groups in total. The minimum Gasteiger partial charge on any atom is -0.308 e. The van der Waals surface area contributed by atoms with Crippen LogP contribution < -0.4 is 5.32 Å². The normalized spacial score (nSPS) is 16.3. The van der Waals surface area contributed by atoms with Gasteiger partial charge in [-0.1, -0.05) is 37.9 Å². The summed E-state index contributed by atoms with van der Waals surface area (Å²) in [5.41, 5.74) is 0.938. The molecule has 1 nitrogen and oxygen atoms in total. The van der Waals surface area contributed by atoms with Crippen LogP contribution in [0.4, 0.5) is 4.39 Å². The SMILES string of the molecule is CCC(C)CC(C)NC(C)c1ccc(Cl)c(F)c1. The summed E-state index contributed by atoms with van der Waals surface area (Å²) in [7, 11) is 0. The summed E-state index contributed by atoms with van der Waals surface area (Å²) < 4.78 is 13.4. The van der Waals surface area contributed by atoms with Gasteiger partial charge in [0.05, 0.1) is 5.02 Å². The lowest BCUT2D eigenvalue weighted by Gasteiger charge is -2.22. The van der Waals surface area contributed by atoms with Gasteiger partial charge in [-0.2, -0.15) is 0 Å². The molecule has 0 saturated carbocycles. The van der Waals surface area contributed by atoms with Gasteiger partial charge in [0.1, 0.15) is 5.82 Å². The average molecular weight is 272 g/mol. The highest BCUT2D eigenvalue weighted by Gasteiger charge is 2.13. The highest BCUT2D eigenvalue weighted by molar-refractivity contribution is 6.30. The van der Waals surface area contributed by atoms with Gasteiger partial charge < -0.3 is 5.32 Å². The van der Waals surface area contributed by atoms with Crippen LogP contribution in [0.2, 0.25) is 5.02 Å². The van der Waals surface area contributed by atoms with Crippen LogP contribution in [-0.4, -0.2) is 6.04 Å². The molecule has 0 aromatic heterocycles. The summed E-state index contributed by atoms with van der Waals surface area (Å²) in [5.74, 6) is 0.360. The van der Waals surface area contributed by atoms with Crippen LogP contribution in [0.15, 0.2) is 18.2 Å². The molecule has 0 saturated heterocycles. The fourth-order valence-corrected chi connectivity index (χ4v) is 2.26. The Bertz CT molecular complexity index is 381. The van der Waals surface area contributed by atoms with Gasteiger partial charge in [0, 0.05) is 12.1 Å². The number of rotatable bonds is 6. The van der Waals surface area contributed by atoms with Gasteiger partial charge >= 0.3 is 0 Å². The van der Waals surface area contributed by atoms with Crippen molar-refractivity contribution < 1.29 is 4.39 Å². The van der Waals surface area contributed by atoms with E-state index in [9.17, 15) is 4.39 Å². The zero-order chi connectivity index (χ0) is 13.7. The van der Waals surface area contributed by atoms with Crippen LogP contribution in [-0.2, 0) is 0 Å². The lowest BCUT2D eigenvalue weighted by atomic mass is 9.99. The van der Waals surface area contributed by atoms with Crippen molar-refractivity contribution in [2.45, 2.75) is 52.6 Å². The zero-order valence-electron chi connectivity index (χ0n) is 11.6. The van der Waals surface area contributed by atoms with E-state index in [4.69, 9.17) is 11.6 Å². The van der Waals surface area contributed by atoms with E-state index >= 15 is 0 Å². The third-order valence-electron chi connectivity index (χ3n) is 3.43. The standard InChI is InChI=1S/C15H23ClFN/c1-5-10(2)8-11(3)18-12(4)13-6-7-14(16)15(17)9-13/h6-7,9-12,18H,5,8H2,1-4H3. The van der Waals surface area contributed by atoms with E-state index in [-0.39, 0.29) is 16.9 Å². The molecule has 0 aliphatic heterocycles. The first-order chi connectivity index (χ1) is 8.43. The van der Waals surface area contributed by atoms with Gasteiger partial charge in [-0.3, -0.25) is 0 Å². The van der Waals surface area contributed by atoms with E-state index in [0.717, 1.165) is 12.0 Å². The second-order valence-electron chi connectivity index (χ2n) is 5.21. The van der Waals surface area contributed by atoms with Crippen LogP contribution in [0.3, 0.4) is 0 Å². The fourth-order valence-electron chi connectivity index (χ4n) is 2.14. The first-order valence-electron chi connectivity index (χ1n) is 6.65. The van der Waals surface area contributed by atoms with E-state index in [1.807, 2.05) is 6.07 Å². The third-order valence-corrected chi connectivity index (χ3v) is 3.74. The Labute approximate surface area is 115 Å². The molecule has 0 radical (unpaired) electrons. The summed E-state index contributed by atoms with van der Waals surface area (Å²) in [6, 6.07) is 5.56. The van der Waals surface area contributed by atoms with Crippen LogP contribution in [0.25, 0.3) is 0 Å². The molecule has 0 bridgehead atoms. The molecule has 0 heterocycles. The minimum atomic E-state index is -0.350. The highest BCUT2D eigenvalue weighted by Crippen LogP contribution is 2.21. The molecule has 0 fully saturated rings. The second-order valence-corrected chi connectivity index (χ2v) is 5.62. The number of nitrogens with one attached hydrogen (secondary N) is 1. The smallest absolute Gasteiger partial charge is 0.142 e. The summed E-state index contributed by atoms with van der Waals surface area (Å²) >= 11 is 5.68. The summed E-state index contributed by atoms with van der Waals surface area (Å²) in [6.07, 6.45) is 2.33. The maximum Gasteiger partial charge on any atom is 0.142 e. The van der Waals surface area contributed by atoms with Gasteiger partial charge in [0.15, 0.2) is 0 Å². The summed E-state index contributed by atoms with van der Waals surface area (Å²) in [4.78, 5) is 0. The Kier molecular flexibility index (Phi) is 6.10. The molecule has 3 heteroatoms. The second kappa shape index (κ2) is 7.10. The molecule has 3 unspecified atom stereocenters. The van der Waals surface area contributed by atoms with Crippen molar-refractivity contribution in [3.8, 4) is 0 Å². The molecule has 1 rings (SSSR count). The van der Waals surface area contributed by atoms with Gasteiger partial charge in [0.2, 0.25) is 0 Å². The largest absolute Gasteiger partial charge is 0.308 e. The van der Waals surface area contributed by atoms with Crippen molar-refractivity contribution >= 4 is 11.6 Å². The van der Waals surface area contributed by atoms with E-state index < -0.39 is 0 Å². The van der Waals surface area contributed by atoms with Crippen molar-refractivity contribution in [1.82, 2.24) is 5.32 Å². The molecule has 0 aliphatic carbocycles. The number of halogens is 2. The third kappa shape index (κ3) is 4.58. The van der Waals surface area contributed by atoms with Crippen molar-refractivity contribution in [2.24, 2.45) is 5.92 Å². The van der Waals surface area contributed by atoms with Crippen molar-refractivity contribution in [3.05, 3.63) is 34.6 Å². The lowest BCUT2D eigenvalue weighted by molar-refractivity contribution is 0.385. The molecule has 0 amide bonds. The molecule has 102 valence electrons. The average Bonchev–Trinajstić information content (AvgIpc) is 2.32. The van der Waals surface area contributed by atoms with Crippen LogP contribution in [0.5, 0.6) is 0 Å². The van der Waals surface area contributed by atoms with Crippen LogP contribution in [0.1, 0.15) is 52.1 Å². The van der Waals surface area contributed by atoms with E-state index in [1.165, 1.54) is 12.5 Å². The Balaban J connectivity index is 2.58. The topological polar surface area (TPSA) is 12.0 Å². The van der Waals surface area contributed by atoms with Crippen molar-refractivity contribution in [1.29, 1.82) is 0 Å². The van der Waals surface area contributed by atoms with Crippen LogP contribution >= 0.6 is 11.6 Å². The number of hydrogen-bond acceptors (Lipinski definition) is 1. The monoisotopic (exact) mass is 271 g/mol. The maximum absolute atomic E-state index is 13.4. The first kappa shape index (κ1) is 15.5. The van der Waals surface area contributed by atoms with Gasteiger partial charge in [-0.15, -0.1) is 0 Å². The zero-order valence-corrected chi connectivity index (χ0v) is 12.4. The van der Waals surface area contributed by atoms with Gasteiger partial charge in [-0.05, 0) is 43.9 Å². The predicted octanol–water partition coefficient (Wildman–Crippen LogP) is 4.95. The minimum absolute atomic E-state index is 0.135. The van der Waals surface area contributed by atoms with Gasteiger partial charge in [0.25, 0.3) is 0 Å². The fraction of sp³-hybridized carbons (Fsp3) is 0.600. The quantitative estimate of drug-likeness (QED) is 0.772. The van der Waals surface area contributed by atoms with E-state index in [2.05, 4.69) is 33.0 Å². The molecular formula is C15H23ClFN. The molecule has 0 spiro atoms. The van der Waals surface area contributed by atoms with Gasteiger partial charge in [-0.25, -0.2) is 4.39 Å². The molecule has 0 aliphatic rings. The first-order valence-corrected chi connectivity index (χ1v) is 7.02. The molecule has 3 atom stereocenters. The molecule has 18 heavy (non-hydrogen) atoms. The molecule has 1 aromatic carbocycles. The Morgan fingerprint density at radius 3 is 2.50 bits per heavy atom. The van der Waals surface area contributed by atoms with E-state index in [1.54, 1.807) is 6.07 Å². The van der Waals surface area contributed by atoms with E-state index in [0.29, 0.717) is 12.0 Å². The van der Waals surface area contributed by atoms with Crippen molar-refractivity contribution in [3.63, 3.8) is 0 Å². The number of benzene rings is 1. The van der Waals surface area contributed by atoms with Crippen molar-refractivity contribution in [2.75, 3.05) is 0 Å². The highest BCUT2D eigenvalue weighted by atomic mass is 35.5. The predicted molar refractivity (Wildman–Crippen MR) is 76.5 cm³/mol. The molecular weight excluding hydrogens is 249 g/mol. The summed E-state index contributed by atoms with van der Waals surface area (Å²) in [5, 5.41) is 3.68. The van der Waals surface area contributed by atoms with Crippen LogP contribution in [0, 0.1) is 11.7 Å². The Hall–Kier alpha value is -0.600. The Morgan fingerprint density at radius 1 is 1.28 bits per heavy atom. The summed E-state index contributed by atoms with van der Waals surface area (Å²) in [6.45, 7) is 8.69. The maximum atomic E-state index is 13.4.